The lowest BCUT2D eigenvalue weighted by Gasteiger charge is -2.27. The molecule has 34 heavy (non-hydrogen) atoms. The van der Waals surface area contributed by atoms with Gasteiger partial charge in [0.2, 0.25) is 5.91 Å². The van der Waals surface area contributed by atoms with Gasteiger partial charge in [0.05, 0.1) is 22.9 Å². The first-order valence-electron chi connectivity index (χ1n) is 12.1. The molecule has 8 heteroatoms. The van der Waals surface area contributed by atoms with Crippen LogP contribution in [0.25, 0.3) is 0 Å². The van der Waals surface area contributed by atoms with Crippen molar-refractivity contribution >= 4 is 33.0 Å². The highest BCUT2D eigenvalue weighted by atomic mass is 32.2. The number of aryl methyl sites for hydroxylation is 1. The molecule has 1 atom stereocenters. The summed E-state index contributed by atoms with van der Waals surface area (Å²) in [5.74, 6) is -0.988. The zero-order valence-electron chi connectivity index (χ0n) is 19.6. The second-order valence-electron chi connectivity index (χ2n) is 9.44. The van der Waals surface area contributed by atoms with Crippen molar-refractivity contribution in [2.45, 2.75) is 69.7 Å². The first kappa shape index (κ1) is 24.3. The molecule has 1 fully saturated rings. The molecule has 0 aromatic heterocycles. The van der Waals surface area contributed by atoms with E-state index in [9.17, 15) is 18.0 Å². The Labute approximate surface area is 201 Å². The van der Waals surface area contributed by atoms with Crippen LogP contribution in [0.15, 0.2) is 42.5 Å². The fraction of sp³-hybridized carbons (Fsp3) is 0.462. The molecule has 0 bridgehead atoms. The monoisotopic (exact) mass is 483 g/mol. The SMILES string of the molecule is Cc1ccccc1CS(=O)(=O)C[C@@H]1Nc2ccc(C(=O)NC3CCCCCCC3)cc2NC1=O. The van der Waals surface area contributed by atoms with Crippen LogP contribution in [-0.4, -0.2) is 38.1 Å². The average Bonchev–Trinajstić information content (AvgIpc) is 2.77. The summed E-state index contributed by atoms with van der Waals surface area (Å²) in [5, 5.41) is 8.96. The molecule has 2 aliphatic rings. The Balaban J connectivity index is 1.40. The quantitative estimate of drug-likeness (QED) is 0.572. The van der Waals surface area contributed by atoms with E-state index in [0.29, 0.717) is 16.9 Å². The number of carbonyl (C=O) groups is 2. The van der Waals surface area contributed by atoms with E-state index in [4.69, 9.17) is 0 Å². The maximum absolute atomic E-state index is 12.8. The maximum atomic E-state index is 12.8. The molecule has 2 aromatic carbocycles. The third-order valence-electron chi connectivity index (χ3n) is 6.68. The van der Waals surface area contributed by atoms with Crippen LogP contribution in [0.3, 0.4) is 0 Å². The van der Waals surface area contributed by atoms with Crippen molar-refractivity contribution in [3.63, 3.8) is 0 Å². The molecule has 0 radical (unpaired) electrons. The number of rotatable bonds is 6. The molecule has 2 aromatic rings. The van der Waals surface area contributed by atoms with Crippen molar-refractivity contribution in [2.24, 2.45) is 0 Å². The Morgan fingerprint density at radius 2 is 1.71 bits per heavy atom. The minimum absolute atomic E-state index is 0.113. The highest BCUT2D eigenvalue weighted by molar-refractivity contribution is 7.90. The lowest BCUT2D eigenvalue weighted by molar-refractivity contribution is -0.116. The van der Waals surface area contributed by atoms with Crippen molar-refractivity contribution < 1.29 is 18.0 Å². The molecule has 7 nitrogen and oxygen atoms in total. The number of benzene rings is 2. The van der Waals surface area contributed by atoms with Crippen molar-refractivity contribution in [3.8, 4) is 0 Å². The van der Waals surface area contributed by atoms with Gasteiger partial charge in [-0.15, -0.1) is 0 Å². The number of carbonyl (C=O) groups excluding carboxylic acids is 2. The van der Waals surface area contributed by atoms with Crippen LogP contribution in [0.4, 0.5) is 11.4 Å². The highest BCUT2D eigenvalue weighted by Gasteiger charge is 2.31. The van der Waals surface area contributed by atoms with Crippen molar-refractivity contribution in [3.05, 3.63) is 59.2 Å². The number of fused-ring (bicyclic) bond motifs is 1. The van der Waals surface area contributed by atoms with Gasteiger partial charge in [-0.2, -0.15) is 0 Å². The Bertz CT molecular complexity index is 1150. The van der Waals surface area contributed by atoms with Crippen LogP contribution < -0.4 is 16.0 Å². The van der Waals surface area contributed by atoms with Crippen molar-refractivity contribution in [1.29, 1.82) is 0 Å². The normalized spacial score (nSPS) is 19.2. The topological polar surface area (TPSA) is 104 Å². The largest absolute Gasteiger partial charge is 0.371 e. The molecule has 1 saturated carbocycles. The maximum Gasteiger partial charge on any atom is 0.251 e. The van der Waals surface area contributed by atoms with E-state index < -0.39 is 21.8 Å². The number of sulfone groups is 1. The van der Waals surface area contributed by atoms with Gasteiger partial charge in [0, 0.05) is 11.6 Å². The van der Waals surface area contributed by atoms with E-state index in [1.807, 2.05) is 25.1 Å². The molecule has 0 unspecified atom stereocenters. The fourth-order valence-corrected chi connectivity index (χ4v) is 6.35. The summed E-state index contributed by atoms with van der Waals surface area (Å²) in [4.78, 5) is 25.5. The highest BCUT2D eigenvalue weighted by Crippen LogP contribution is 2.29. The minimum atomic E-state index is -3.52. The number of anilines is 2. The van der Waals surface area contributed by atoms with Gasteiger partial charge >= 0.3 is 0 Å². The predicted octanol–water partition coefficient (Wildman–Crippen LogP) is 4.19. The summed E-state index contributed by atoms with van der Waals surface area (Å²) in [6.45, 7) is 1.87. The fourth-order valence-electron chi connectivity index (χ4n) is 4.70. The number of hydrogen-bond acceptors (Lipinski definition) is 5. The Morgan fingerprint density at radius 3 is 2.44 bits per heavy atom. The molecule has 1 aliphatic carbocycles. The number of nitrogens with one attached hydrogen (secondary N) is 3. The summed E-state index contributed by atoms with van der Waals surface area (Å²) < 4.78 is 25.6. The average molecular weight is 484 g/mol. The Morgan fingerprint density at radius 1 is 1.00 bits per heavy atom. The van der Waals surface area contributed by atoms with Gasteiger partial charge in [0.25, 0.3) is 5.91 Å². The first-order valence-corrected chi connectivity index (χ1v) is 13.9. The van der Waals surface area contributed by atoms with Crippen molar-refractivity contribution in [1.82, 2.24) is 5.32 Å². The summed E-state index contributed by atoms with van der Waals surface area (Å²) in [6, 6.07) is 11.7. The van der Waals surface area contributed by atoms with Gasteiger partial charge in [-0.1, -0.05) is 56.4 Å². The standard InChI is InChI=1S/C26H33N3O4S/c1-18-9-7-8-10-20(18)16-34(32,33)17-24-26(31)29-23-15-19(13-14-22(23)28-24)25(30)27-21-11-5-3-2-4-6-12-21/h7-10,13-15,21,24,28H,2-6,11-12,16-17H2,1H3,(H,27,30)(H,29,31)/t24-/m0/s1. The van der Waals surface area contributed by atoms with Crippen LogP contribution in [0.2, 0.25) is 0 Å². The molecule has 0 saturated heterocycles. The molecule has 1 heterocycles. The van der Waals surface area contributed by atoms with E-state index in [1.165, 1.54) is 19.3 Å². The van der Waals surface area contributed by atoms with E-state index in [0.717, 1.165) is 36.8 Å². The molecule has 2 amide bonds. The zero-order chi connectivity index (χ0) is 24.1. The van der Waals surface area contributed by atoms with E-state index >= 15 is 0 Å². The molecular formula is C26H33N3O4S. The summed E-state index contributed by atoms with van der Waals surface area (Å²) >= 11 is 0. The first-order chi connectivity index (χ1) is 16.3. The summed E-state index contributed by atoms with van der Waals surface area (Å²) in [6.07, 6.45) is 7.94. The van der Waals surface area contributed by atoms with Gasteiger partial charge in [-0.05, 0) is 49.1 Å². The third-order valence-corrected chi connectivity index (χ3v) is 8.28. The van der Waals surface area contributed by atoms with Gasteiger partial charge in [0.15, 0.2) is 9.84 Å². The van der Waals surface area contributed by atoms with Gasteiger partial charge < -0.3 is 16.0 Å². The predicted molar refractivity (Wildman–Crippen MR) is 135 cm³/mol. The second kappa shape index (κ2) is 10.6. The van der Waals surface area contributed by atoms with Gasteiger partial charge in [-0.25, -0.2) is 8.42 Å². The summed E-state index contributed by atoms with van der Waals surface area (Å²) in [5.41, 5.74) is 3.22. The van der Waals surface area contributed by atoms with Crippen molar-refractivity contribution in [2.75, 3.05) is 16.4 Å². The van der Waals surface area contributed by atoms with Gasteiger partial charge in [0.1, 0.15) is 6.04 Å². The molecule has 1 aliphatic heterocycles. The number of amides is 2. The minimum Gasteiger partial charge on any atom is -0.371 e. The zero-order valence-corrected chi connectivity index (χ0v) is 20.4. The van der Waals surface area contributed by atoms with E-state index in [1.54, 1.807) is 24.3 Å². The third kappa shape index (κ3) is 6.17. The lowest BCUT2D eigenvalue weighted by Crippen LogP contribution is -2.44. The second-order valence-corrected chi connectivity index (χ2v) is 11.6. The summed E-state index contributed by atoms with van der Waals surface area (Å²) in [7, 11) is -3.52. The van der Waals surface area contributed by atoms with Crippen LogP contribution in [-0.2, 0) is 20.4 Å². The molecular weight excluding hydrogens is 450 g/mol. The molecule has 4 rings (SSSR count). The van der Waals surface area contributed by atoms with E-state index in [2.05, 4.69) is 16.0 Å². The lowest BCUT2D eigenvalue weighted by atomic mass is 9.96. The smallest absolute Gasteiger partial charge is 0.251 e. The number of hydrogen-bond donors (Lipinski definition) is 3. The van der Waals surface area contributed by atoms with Crippen LogP contribution >= 0.6 is 0 Å². The molecule has 0 spiro atoms. The van der Waals surface area contributed by atoms with Crippen LogP contribution in [0, 0.1) is 6.92 Å². The van der Waals surface area contributed by atoms with E-state index in [-0.39, 0.29) is 23.5 Å². The van der Waals surface area contributed by atoms with Gasteiger partial charge in [-0.3, -0.25) is 9.59 Å². The Hall–Kier alpha value is -2.87. The molecule has 182 valence electrons. The Kier molecular flexibility index (Phi) is 7.56. The molecule has 3 N–H and O–H groups in total. The van der Waals surface area contributed by atoms with Crippen LogP contribution in [0.5, 0.6) is 0 Å². The van der Waals surface area contributed by atoms with Crippen LogP contribution in [0.1, 0.15) is 66.4 Å².